The lowest BCUT2D eigenvalue weighted by Crippen LogP contribution is -2.65. The van der Waals surface area contributed by atoms with Crippen LogP contribution in [-0.4, -0.2) is 53.7 Å². The summed E-state index contributed by atoms with van der Waals surface area (Å²) in [6, 6.07) is 7.75. The first-order valence-electron chi connectivity index (χ1n) is 9.91. The smallest absolute Gasteiger partial charge is 0.229 e. The maximum Gasteiger partial charge on any atom is 0.229 e. The van der Waals surface area contributed by atoms with Crippen LogP contribution < -0.4 is 10.1 Å². The zero-order valence-electron chi connectivity index (χ0n) is 17.9. The van der Waals surface area contributed by atoms with Crippen LogP contribution in [0.15, 0.2) is 24.3 Å². The van der Waals surface area contributed by atoms with Crippen LogP contribution in [0.1, 0.15) is 28.9 Å². The zero-order chi connectivity index (χ0) is 21.2. The lowest BCUT2D eigenvalue weighted by Gasteiger charge is -2.49. The predicted molar refractivity (Wildman–Crippen MR) is 111 cm³/mol. The highest BCUT2D eigenvalue weighted by Crippen LogP contribution is 2.36. The number of benzene rings is 1. The summed E-state index contributed by atoms with van der Waals surface area (Å²) in [5.41, 5.74) is 3.64. The van der Waals surface area contributed by atoms with E-state index in [1.54, 1.807) is 19.1 Å². The number of aryl methyl sites for hydroxylation is 2. The molecule has 3 rings (SSSR count). The Hall–Kier alpha value is -2.83. The highest BCUT2D eigenvalue weighted by Gasteiger charge is 2.50. The SMILES string of the molecule is CNC(=O)C1(Cc2cccc(OC)c2)CN(C(=O)CCc2c(C)nn(C)c2C)C1. The molecule has 2 aromatic rings. The number of carbonyl (C=O) groups is 2. The van der Waals surface area contributed by atoms with E-state index in [0.717, 1.165) is 28.3 Å². The lowest BCUT2D eigenvalue weighted by molar-refractivity contribution is -0.153. The molecule has 2 heterocycles. The molecule has 0 spiro atoms. The molecule has 0 bridgehead atoms. The van der Waals surface area contributed by atoms with Gasteiger partial charge in [-0.3, -0.25) is 14.3 Å². The number of carbonyl (C=O) groups excluding carboxylic acids is 2. The van der Waals surface area contributed by atoms with Crippen molar-refractivity contribution in [3.8, 4) is 5.75 Å². The van der Waals surface area contributed by atoms with E-state index in [2.05, 4.69) is 10.4 Å². The molecule has 156 valence electrons. The zero-order valence-corrected chi connectivity index (χ0v) is 17.9. The summed E-state index contributed by atoms with van der Waals surface area (Å²) in [7, 11) is 5.19. The number of hydrogen-bond donors (Lipinski definition) is 1. The van der Waals surface area contributed by atoms with Gasteiger partial charge in [-0.25, -0.2) is 0 Å². The van der Waals surface area contributed by atoms with Gasteiger partial charge in [0.15, 0.2) is 0 Å². The van der Waals surface area contributed by atoms with Gasteiger partial charge >= 0.3 is 0 Å². The van der Waals surface area contributed by atoms with Gasteiger partial charge in [-0.1, -0.05) is 12.1 Å². The summed E-state index contributed by atoms with van der Waals surface area (Å²) >= 11 is 0. The maximum absolute atomic E-state index is 12.7. The molecule has 1 aliphatic heterocycles. The molecule has 1 aromatic heterocycles. The van der Waals surface area contributed by atoms with Crippen molar-refractivity contribution in [3.05, 3.63) is 46.8 Å². The molecule has 1 aromatic carbocycles. The first-order valence-corrected chi connectivity index (χ1v) is 9.91. The van der Waals surface area contributed by atoms with Gasteiger partial charge in [-0.15, -0.1) is 0 Å². The first kappa shape index (κ1) is 20.9. The topological polar surface area (TPSA) is 76.5 Å². The van der Waals surface area contributed by atoms with Crippen LogP contribution >= 0.6 is 0 Å². The van der Waals surface area contributed by atoms with Crippen molar-refractivity contribution in [3.63, 3.8) is 0 Å². The molecule has 1 saturated heterocycles. The van der Waals surface area contributed by atoms with Gasteiger partial charge in [-0.2, -0.15) is 5.10 Å². The van der Waals surface area contributed by atoms with Crippen LogP contribution in [0, 0.1) is 19.3 Å². The summed E-state index contributed by atoms with van der Waals surface area (Å²) in [6.07, 6.45) is 1.68. The highest BCUT2D eigenvalue weighted by molar-refractivity contribution is 5.88. The minimum Gasteiger partial charge on any atom is -0.497 e. The quantitative estimate of drug-likeness (QED) is 0.772. The van der Waals surface area contributed by atoms with Crippen molar-refractivity contribution in [2.75, 3.05) is 27.2 Å². The number of aromatic nitrogens is 2. The minimum atomic E-state index is -0.586. The van der Waals surface area contributed by atoms with E-state index in [4.69, 9.17) is 4.74 Å². The third-order valence-corrected chi connectivity index (χ3v) is 5.97. The standard InChI is InChI=1S/C22H30N4O3/c1-15-19(16(2)25(4)24-15)9-10-20(27)26-13-22(14-26,21(28)23-3)12-17-7-6-8-18(11-17)29-5/h6-8,11H,9-10,12-14H2,1-5H3,(H,23,28). The van der Waals surface area contributed by atoms with Crippen LogP contribution in [0.3, 0.4) is 0 Å². The fraction of sp³-hybridized carbons (Fsp3) is 0.500. The molecule has 1 aliphatic rings. The van der Waals surface area contributed by atoms with E-state index < -0.39 is 5.41 Å². The molecule has 0 unspecified atom stereocenters. The normalized spacial score (nSPS) is 15.0. The number of nitrogens with one attached hydrogen (secondary N) is 1. The largest absolute Gasteiger partial charge is 0.497 e. The number of amides is 2. The molecular formula is C22H30N4O3. The van der Waals surface area contributed by atoms with Crippen molar-refractivity contribution in [2.45, 2.75) is 33.1 Å². The fourth-order valence-electron chi connectivity index (χ4n) is 4.20. The van der Waals surface area contributed by atoms with Crippen molar-refractivity contribution < 1.29 is 14.3 Å². The van der Waals surface area contributed by atoms with Crippen molar-refractivity contribution >= 4 is 11.8 Å². The Labute approximate surface area is 172 Å². The van der Waals surface area contributed by atoms with E-state index in [0.29, 0.717) is 32.4 Å². The van der Waals surface area contributed by atoms with E-state index in [-0.39, 0.29) is 11.8 Å². The second-order valence-electron chi connectivity index (χ2n) is 7.91. The van der Waals surface area contributed by atoms with Crippen LogP contribution in [-0.2, 0) is 29.5 Å². The third kappa shape index (κ3) is 4.13. The summed E-state index contributed by atoms with van der Waals surface area (Å²) in [4.78, 5) is 27.1. The van der Waals surface area contributed by atoms with Gasteiger partial charge in [0.2, 0.25) is 11.8 Å². The molecule has 1 fully saturated rings. The van der Waals surface area contributed by atoms with Crippen LogP contribution in [0.2, 0.25) is 0 Å². The molecule has 0 radical (unpaired) electrons. The number of rotatable bonds is 7. The van der Waals surface area contributed by atoms with Gasteiger partial charge in [0.05, 0.1) is 18.2 Å². The van der Waals surface area contributed by atoms with E-state index >= 15 is 0 Å². The number of methoxy groups -OCH3 is 1. The van der Waals surface area contributed by atoms with E-state index in [9.17, 15) is 9.59 Å². The molecule has 1 N–H and O–H groups in total. The number of likely N-dealkylation sites (tertiary alicyclic amines) is 1. The molecular weight excluding hydrogens is 368 g/mol. The Morgan fingerprint density at radius 2 is 2.00 bits per heavy atom. The first-order chi connectivity index (χ1) is 13.8. The van der Waals surface area contributed by atoms with Crippen molar-refractivity contribution in [2.24, 2.45) is 12.5 Å². The molecule has 0 atom stereocenters. The lowest BCUT2D eigenvalue weighted by atomic mass is 9.73. The summed E-state index contributed by atoms with van der Waals surface area (Å²) in [6.45, 7) is 4.87. The molecule has 2 amide bonds. The maximum atomic E-state index is 12.7. The Kier molecular flexibility index (Phi) is 5.96. The van der Waals surface area contributed by atoms with Crippen molar-refractivity contribution in [1.29, 1.82) is 0 Å². The van der Waals surface area contributed by atoms with Gasteiger partial charge in [-0.05, 0) is 49.9 Å². The van der Waals surface area contributed by atoms with E-state index in [1.807, 2.05) is 49.8 Å². The number of hydrogen-bond acceptors (Lipinski definition) is 4. The Morgan fingerprint density at radius 1 is 1.28 bits per heavy atom. The summed E-state index contributed by atoms with van der Waals surface area (Å²) < 4.78 is 7.14. The average molecular weight is 399 g/mol. The van der Waals surface area contributed by atoms with Gasteiger partial charge < -0.3 is 15.0 Å². The minimum absolute atomic E-state index is 0.0247. The third-order valence-electron chi connectivity index (χ3n) is 5.97. The average Bonchev–Trinajstić information content (AvgIpc) is 2.93. The summed E-state index contributed by atoms with van der Waals surface area (Å²) in [5, 5.41) is 7.19. The second kappa shape index (κ2) is 8.27. The second-order valence-corrected chi connectivity index (χ2v) is 7.91. The number of nitrogens with zero attached hydrogens (tertiary/aromatic N) is 3. The fourth-order valence-corrected chi connectivity index (χ4v) is 4.20. The van der Waals surface area contributed by atoms with Gasteiger partial charge in [0.1, 0.15) is 5.75 Å². The molecule has 7 nitrogen and oxygen atoms in total. The van der Waals surface area contributed by atoms with Crippen LogP contribution in [0.5, 0.6) is 5.75 Å². The van der Waals surface area contributed by atoms with Gasteiger partial charge in [0.25, 0.3) is 0 Å². The Balaban J connectivity index is 1.65. The molecule has 0 saturated carbocycles. The van der Waals surface area contributed by atoms with Gasteiger partial charge in [0, 0.05) is 39.3 Å². The molecule has 29 heavy (non-hydrogen) atoms. The molecule has 0 aliphatic carbocycles. The van der Waals surface area contributed by atoms with Crippen LogP contribution in [0.25, 0.3) is 0 Å². The Morgan fingerprint density at radius 3 is 2.59 bits per heavy atom. The van der Waals surface area contributed by atoms with Crippen molar-refractivity contribution in [1.82, 2.24) is 20.0 Å². The summed E-state index contributed by atoms with van der Waals surface area (Å²) in [5.74, 6) is 0.824. The highest BCUT2D eigenvalue weighted by atomic mass is 16.5. The number of ether oxygens (including phenoxy) is 1. The van der Waals surface area contributed by atoms with E-state index in [1.165, 1.54) is 0 Å². The Bertz CT molecular complexity index is 913. The monoisotopic (exact) mass is 398 g/mol. The molecule has 7 heteroatoms. The van der Waals surface area contributed by atoms with Crippen LogP contribution in [0.4, 0.5) is 0 Å². The predicted octanol–water partition coefficient (Wildman–Crippen LogP) is 1.80.